The first-order chi connectivity index (χ1) is 10.1. The van der Waals surface area contributed by atoms with E-state index < -0.39 is 0 Å². The molecular weight excluding hydrogens is 264 g/mol. The summed E-state index contributed by atoms with van der Waals surface area (Å²) in [5.41, 5.74) is 2.15. The van der Waals surface area contributed by atoms with Crippen molar-refractivity contribution in [2.45, 2.75) is 19.9 Å². The van der Waals surface area contributed by atoms with Crippen LogP contribution in [0.4, 0.5) is 5.69 Å². The number of nitrogens with zero attached hydrogens (tertiary/aromatic N) is 1. The zero-order valence-corrected chi connectivity index (χ0v) is 12.1. The van der Waals surface area contributed by atoms with E-state index in [0.29, 0.717) is 11.4 Å². The molecule has 1 aromatic carbocycles. The molecular formula is C17H18N2O2. The fraction of sp³-hybridized carbons (Fsp3) is 0.235. The summed E-state index contributed by atoms with van der Waals surface area (Å²) >= 11 is 0. The van der Waals surface area contributed by atoms with Crippen molar-refractivity contribution in [1.82, 2.24) is 4.57 Å². The molecule has 0 radical (unpaired) electrons. The zero-order valence-electron chi connectivity index (χ0n) is 12.1. The van der Waals surface area contributed by atoms with E-state index in [0.717, 1.165) is 5.56 Å². The zero-order chi connectivity index (χ0) is 15.2. The molecule has 0 aliphatic rings. The number of rotatable bonds is 3. The second-order valence-corrected chi connectivity index (χ2v) is 4.89. The van der Waals surface area contributed by atoms with Crippen molar-refractivity contribution in [2.75, 3.05) is 11.9 Å². The molecule has 2 aromatic rings. The molecule has 108 valence electrons. The van der Waals surface area contributed by atoms with Crippen LogP contribution in [0.2, 0.25) is 0 Å². The van der Waals surface area contributed by atoms with E-state index in [1.807, 2.05) is 30.7 Å². The molecule has 0 saturated heterocycles. The van der Waals surface area contributed by atoms with Crippen LogP contribution < -0.4 is 5.32 Å². The molecule has 4 heteroatoms. The van der Waals surface area contributed by atoms with Gasteiger partial charge < -0.3 is 15.0 Å². The minimum Gasteiger partial charge on any atom is -0.384 e. The van der Waals surface area contributed by atoms with Crippen LogP contribution in [0.3, 0.4) is 0 Å². The number of aliphatic hydroxyl groups is 1. The smallest absolute Gasteiger partial charge is 0.272 e. The Morgan fingerprint density at radius 3 is 2.62 bits per heavy atom. The molecule has 0 aliphatic carbocycles. The first-order valence-electron chi connectivity index (χ1n) is 6.80. The topological polar surface area (TPSA) is 54.3 Å². The van der Waals surface area contributed by atoms with Crippen molar-refractivity contribution in [1.29, 1.82) is 0 Å². The first-order valence-corrected chi connectivity index (χ1v) is 6.80. The summed E-state index contributed by atoms with van der Waals surface area (Å²) in [4.78, 5) is 12.3. The Bertz CT molecular complexity index is 673. The highest BCUT2D eigenvalue weighted by Crippen LogP contribution is 2.14. The summed E-state index contributed by atoms with van der Waals surface area (Å²) in [5, 5.41) is 11.5. The summed E-state index contributed by atoms with van der Waals surface area (Å²) in [6.07, 6.45) is 1.90. The SMILES string of the molecule is CC(C)n1cccc1C(=O)Nc1ccc(C#CCO)cc1. The van der Waals surface area contributed by atoms with Crippen LogP contribution in [0.1, 0.15) is 35.9 Å². The van der Waals surface area contributed by atoms with E-state index in [4.69, 9.17) is 5.11 Å². The van der Waals surface area contributed by atoms with Gasteiger partial charge in [-0.3, -0.25) is 4.79 Å². The largest absolute Gasteiger partial charge is 0.384 e. The summed E-state index contributed by atoms with van der Waals surface area (Å²) in [7, 11) is 0. The number of hydrogen-bond donors (Lipinski definition) is 2. The predicted octanol–water partition coefficient (Wildman–Crippen LogP) is 2.67. The van der Waals surface area contributed by atoms with Gasteiger partial charge in [0.2, 0.25) is 0 Å². The fourth-order valence-corrected chi connectivity index (χ4v) is 2.01. The van der Waals surface area contributed by atoms with Crippen LogP contribution in [-0.2, 0) is 0 Å². The molecule has 1 amide bonds. The minimum atomic E-state index is -0.162. The van der Waals surface area contributed by atoms with Gasteiger partial charge in [-0.1, -0.05) is 11.8 Å². The summed E-state index contributed by atoms with van der Waals surface area (Å²) in [5.74, 6) is 5.26. The van der Waals surface area contributed by atoms with Crippen LogP contribution in [-0.4, -0.2) is 22.2 Å². The van der Waals surface area contributed by atoms with Crippen LogP contribution in [0.25, 0.3) is 0 Å². The average molecular weight is 282 g/mol. The Balaban J connectivity index is 2.11. The number of amides is 1. The third-order valence-corrected chi connectivity index (χ3v) is 3.02. The molecule has 0 atom stereocenters. The number of aromatic nitrogens is 1. The highest BCUT2D eigenvalue weighted by atomic mass is 16.2. The molecule has 0 spiro atoms. The van der Waals surface area contributed by atoms with E-state index in [-0.39, 0.29) is 18.6 Å². The number of benzene rings is 1. The highest BCUT2D eigenvalue weighted by Gasteiger charge is 2.12. The van der Waals surface area contributed by atoms with Crippen molar-refractivity contribution in [3.05, 3.63) is 53.9 Å². The van der Waals surface area contributed by atoms with E-state index in [1.54, 1.807) is 30.3 Å². The van der Waals surface area contributed by atoms with E-state index in [2.05, 4.69) is 17.2 Å². The van der Waals surface area contributed by atoms with Crippen LogP contribution in [0.15, 0.2) is 42.6 Å². The third-order valence-electron chi connectivity index (χ3n) is 3.02. The summed E-state index contributed by atoms with van der Waals surface area (Å²) in [6, 6.07) is 11.1. The number of carbonyl (C=O) groups is 1. The van der Waals surface area contributed by atoms with Crippen molar-refractivity contribution >= 4 is 11.6 Å². The van der Waals surface area contributed by atoms with Crippen molar-refractivity contribution in [3.8, 4) is 11.8 Å². The van der Waals surface area contributed by atoms with Crippen LogP contribution in [0.5, 0.6) is 0 Å². The molecule has 0 fully saturated rings. The molecule has 4 nitrogen and oxygen atoms in total. The summed E-state index contributed by atoms with van der Waals surface area (Å²) < 4.78 is 1.93. The van der Waals surface area contributed by atoms with E-state index in [1.165, 1.54) is 0 Å². The highest BCUT2D eigenvalue weighted by molar-refractivity contribution is 6.03. The maximum absolute atomic E-state index is 12.3. The normalized spacial score (nSPS) is 10.1. The molecule has 0 unspecified atom stereocenters. The Labute approximate surface area is 124 Å². The van der Waals surface area contributed by atoms with Gasteiger partial charge in [-0.25, -0.2) is 0 Å². The maximum atomic E-state index is 12.3. The number of carbonyl (C=O) groups excluding carboxylic acids is 1. The molecule has 1 heterocycles. The lowest BCUT2D eigenvalue weighted by molar-refractivity contribution is 0.101. The lowest BCUT2D eigenvalue weighted by Gasteiger charge is -2.12. The van der Waals surface area contributed by atoms with Gasteiger partial charge in [-0.2, -0.15) is 0 Å². The Morgan fingerprint density at radius 2 is 2.00 bits per heavy atom. The van der Waals surface area contributed by atoms with Gasteiger partial charge in [0.1, 0.15) is 12.3 Å². The molecule has 21 heavy (non-hydrogen) atoms. The van der Waals surface area contributed by atoms with Crippen molar-refractivity contribution in [2.24, 2.45) is 0 Å². The second-order valence-electron chi connectivity index (χ2n) is 4.89. The van der Waals surface area contributed by atoms with Crippen LogP contribution >= 0.6 is 0 Å². The maximum Gasteiger partial charge on any atom is 0.272 e. The molecule has 2 rings (SSSR count). The standard InChI is InChI=1S/C17H18N2O2/c1-13(2)19-11-3-6-16(19)17(21)18-15-9-7-14(8-10-15)5-4-12-20/h3,6-11,13,20H,12H2,1-2H3,(H,18,21). The third kappa shape index (κ3) is 3.74. The van der Waals surface area contributed by atoms with Gasteiger partial charge in [-0.15, -0.1) is 0 Å². The molecule has 0 saturated carbocycles. The Morgan fingerprint density at radius 1 is 1.29 bits per heavy atom. The van der Waals surface area contributed by atoms with Crippen molar-refractivity contribution < 1.29 is 9.90 Å². The average Bonchev–Trinajstić information content (AvgIpc) is 2.96. The van der Waals surface area contributed by atoms with Gasteiger partial charge >= 0.3 is 0 Å². The monoisotopic (exact) mass is 282 g/mol. The van der Waals surface area contributed by atoms with Gasteiger partial charge in [0.05, 0.1) is 0 Å². The Kier molecular flexibility index (Phi) is 4.81. The molecule has 0 aliphatic heterocycles. The van der Waals surface area contributed by atoms with E-state index >= 15 is 0 Å². The number of hydrogen-bond acceptors (Lipinski definition) is 2. The van der Waals surface area contributed by atoms with Gasteiger partial charge in [-0.05, 0) is 50.2 Å². The van der Waals surface area contributed by atoms with Crippen LogP contribution in [0, 0.1) is 11.8 Å². The Hall–Kier alpha value is -2.51. The first kappa shape index (κ1) is 14.9. The minimum absolute atomic E-state index is 0.136. The lowest BCUT2D eigenvalue weighted by Crippen LogP contribution is -2.17. The number of anilines is 1. The number of nitrogens with one attached hydrogen (secondary N) is 1. The second kappa shape index (κ2) is 6.78. The van der Waals surface area contributed by atoms with Gasteiger partial charge in [0.15, 0.2) is 0 Å². The molecule has 0 bridgehead atoms. The predicted molar refractivity (Wildman–Crippen MR) is 83.2 cm³/mol. The summed E-state index contributed by atoms with van der Waals surface area (Å²) in [6.45, 7) is 3.90. The van der Waals surface area contributed by atoms with E-state index in [9.17, 15) is 4.79 Å². The molecule has 1 aromatic heterocycles. The quantitative estimate of drug-likeness (QED) is 0.850. The lowest BCUT2D eigenvalue weighted by atomic mass is 10.2. The number of aliphatic hydroxyl groups excluding tert-OH is 1. The molecule has 2 N–H and O–H groups in total. The van der Waals surface area contributed by atoms with Crippen molar-refractivity contribution in [3.63, 3.8) is 0 Å². The fourth-order valence-electron chi connectivity index (χ4n) is 2.01. The van der Waals surface area contributed by atoms with Gasteiger partial charge in [0.25, 0.3) is 5.91 Å². The van der Waals surface area contributed by atoms with Gasteiger partial charge in [0, 0.05) is 23.5 Å².